The summed E-state index contributed by atoms with van der Waals surface area (Å²) in [4.78, 5) is 14.0. The van der Waals surface area contributed by atoms with E-state index in [0.29, 0.717) is 6.04 Å². The predicted molar refractivity (Wildman–Crippen MR) is 143 cm³/mol. The van der Waals surface area contributed by atoms with E-state index in [1.54, 1.807) is 0 Å². The summed E-state index contributed by atoms with van der Waals surface area (Å²) in [7, 11) is 1.88. The Hall–Kier alpha value is -2.17. The van der Waals surface area contributed by atoms with E-state index in [0.717, 1.165) is 64.0 Å². The fourth-order valence-corrected chi connectivity index (χ4v) is 4.78. The summed E-state index contributed by atoms with van der Waals surface area (Å²) in [6.45, 7) is 7.51. The van der Waals surface area contributed by atoms with Crippen molar-refractivity contribution >= 4 is 41.0 Å². The normalized spacial score (nSPS) is 19.6. The molecule has 0 radical (unpaired) electrons. The highest BCUT2D eigenvalue weighted by Gasteiger charge is 2.30. The lowest BCUT2D eigenvalue weighted by molar-refractivity contribution is 0.0195. The lowest BCUT2D eigenvalue weighted by atomic mass is 10.1. The van der Waals surface area contributed by atoms with E-state index in [2.05, 4.69) is 72.1 Å². The molecule has 7 nitrogen and oxygen atoms in total. The number of halogens is 1. The number of para-hydroxylation sites is 2. The van der Waals surface area contributed by atoms with Crippen LogP contribution in [0.4, 0.5) is 0 Å². The number of aromatic nitrogens is 2. The van der Waals surface area contributed by atoms with Crippen LogP contribution in [0, 0.1) is 0 Å². The molecule has 1 N–H and O–H groups in total. The zero-order chi connectivity index (χ0) is 21.8. The van der Waals surface area contributed by atoms with Crippen LogP contribution in [-0.4, -0.2) is 77.8 Å². The SMILES string of the molecule is CN=C(NCc1ccc(Cn2cnc3ccccc32)cc1)N1CCC(N2CCOCC2)C1.I. The number of rotatable bonds is 5. The molecule has 0 saturated carbocycles. The van der Waals surface area contributed by atoms with E-state index in [-0.39, 0.29) is 24.0 Å². The van der Waals surface area contributed by atoms with Crippen LogP contribution in [0.3, 0.4) is 0 Å². The van der Waals surface area contributed by atoms with Gasteiger partial charge in [-0.05, 0) is 29.7 Å². The molecule has 2 fully saturated rings. The zero-order valence-corrected chi connectivity index (χ0v) is 21.5. The molecule has 176 valence electrons. The molecule has 2 aliphatic heterocycles. The molecule has 2 aromatic carbocycles. The van der Waals surface area contributed by atoms with Crippen LogP contribution in [0.1, 0.15) is 17.5 Å². The van der Waals surface area contributed by atoms with Crippen LogP contribution in [0.15, 0.2) is 59.9 Å². The Morgan fingerprint density at radius 2 is 1.82 bits per heavy atom. The maximum atomic E-state index is 5.50. The summed E-state index contributed by atoms with van der Waals surface area (Å²) < 4.78 is 7.70. The maximum Gasteiger partial charge on any atom is 0.193 e. The van der Waals surface area contributed by atoms with E-state index in [9.17, 15) is 0 Å². The summed E-state index contributed by atoms with van der Waals surface area (Å²) in [5.41, 5.74) is 4.74. The lowest BCUT2D eigenvalue weighted by Crippen LogP contribution is -2.46. The lowest BCUT2D eigenvalue weighted by Gasteiger charge is -2.32. The number of nitrogens with one attached hydrogen (secondary N) is 1. The summed E-state index contributed by atoms with van der Waals surface area (Å²) >= 11 is 0. The second-order valence-corrected chi connectivity index (χ2v) is 8.62. The van der Waals surface area contributed by atoms with Crippen LogP contribution < -0.4 is 5.32 Å². The van der Waals surface area contributed by atoms with Crippen LogP contribution in [0.2, 0.25) is 0 Å². The Kier molecular flexibility index (Phi) is 8.21. The largest absolute Gasteiger partial charge is 0.379 e. The van der Waals surface area contributed by atoms with E-state index in [4.69, 9.17) is 4.74 Å². The number of aliphatic imine (C=N–C) groups is 1. The van der Waals surface area contributed by atoms with Crippen molar-refractivity contribution in [1.29, 1.82) is 0 Å². The Bertz CT molecular complexity index is 1060. The molecule has 33 heavy (non-hydrogen) atoms. The van der Waals surface area contributed by atoms with Crippen molar-refractivity contribution in [3.05, 3.63) is 66.0 Å². The second kappa shape index (κ2) is 11.3. The molecule has 2 aliphatic rings. The second-order valence-electron chi connectivity index (χ2n) is 8.62. The fourth-order valence-electron chi connectivity index (χ4n) is 4.78. The highest BCUT2D eigenvalue weighted by atomic mass is 127. The maximum absolute atomic E-state index is 5.50. The smallest absolute Gasteiger partial charge is 0.193 e. The van der Waals surface area contributed by atoms with Gasteiger partial charge in [0.05, 0.1) is 30.6 Å². The molecule has 1 atom stereocenters. The number of imidazole rings is 1. The quantitative estimate of drug-likeness (QED) is 0.295. The first-order valence-electron chi connectivity index (χ1n) is 11.6. The van der Waals surface area contributed by atoms with Crippen molar-refractivity contribution in [2.75, 3.05) is 46.4 Å². The number of nitrogens with zero attached hydrogens (tertiary/aromatic N) is 5. The summed E-state index contributed by atoms with van der Waals surface area (Å²) in [5.74, 6) is 0.995. The van der Waals surface area contributed by atoms with Gasteiger partial charge in [-0.25, -0.2) is 4.98 Å². The number of guanidine groups is 1. The topological polar surface area (TPSA) is 57.9 Å². The van der Waals surface area contributed by atoms with Gasteiger partial charge in [-0.2, -0.15) is 0 Å². The molecule has 0 amide bonds. The first-order valence-corrected chi connectivity index (χ1v) is 11.6. The number of morpholine rings is 1. The van der Waals surface area contributed by atoms with Crippen LogP contribution >= 0.6 is 24.0 Å². The minimum atomic E-state index is 0. The molecule has 0 bridgehead atoms. The number of hydrogen-bond donors (Lipinski definition) is 1. The molecular formula is C25H33IN6O. The Morgan fingerprint density at radius 3 is 2.61 bits per heavy atom. The average molecular weight is 560 g/mol. The monoisotopic (exact) mass is 560 g/mol. The predicted octanol–water partition coefficient (Wildman–Crippen LogP) is 3.18. The molecule has 5 rings (SSSR count). The van der Waals surface area contributed by atoms with Crippen molar-refractivity contribution in [2.45, 2.75) is 25.6 Å². The summed E-state index contributed by atoms with van der Waals surface area (Å²) in [6, 6.07) is 17.7. The number of fused-ring (bicyclic) bond motifs is 1. The van der Waals surface area contributed by atoms with E-state index in [1.807, 2.05) is 19.4 Å². The Labute approximate surface area is 212 Å². The van der Waals surface area contributed by atoms with Crippen molar-refractivity contribution in [3.8, 4) is 0 Å². The fraction of sp³-hybridized carbons (Fsp3) is 0.440. The van der Waals surface area contributed by atoms with Crippen LogP contribution in [0.25, 0.3) is 11.0 Å². The highest BCUT2D eigenvalue weighted by Crippen LogP contribution is 2.18. The van der Waals surface area contributed by atoms with Gasteiger partial charge in [-0.1, -0.05) is 36.4 Å². The van der Waals surface area contributed by atoms with Gasteiger partial charge in [0.1, 0.15) is 0 Å². The molecule has 3 aromatic rings. The van der Waals surface area contributed by atoms with Gasteiger partial charge in [-0.15, -0.1) is 24.0 Å². The van der Waals surface area contributed by atoms with Gasteiger partial charge in [0.25, 0.3) is 0 Å². The number of likely N-dealkylation sites (tertiary alicyclic amines) is 1. The van der Waals surface area contributed by atoms with E-state index < -0.39 is 0 Å². The minimum absolute atomic E-state index is 0. The molecule has 0 spiro atoms. The molecular weight excluding hydrogens is 527 g/mol. The molecule has 3 heterocycles. The van der Waals surface area contributed by atoms with Crippen molar-refractivity contribution < 1.29 is 4.74 Å². The molecule has 8 heteroatoms. The third-order valence-corrected chi connectivity index (χ3v) is 6.59. The van der Waals surface area contributed by atoms with Crippen molar-refractivity contribution in [2.24, 2.45) is 4.99 Å². The number of hydrogen-bond acceptors (Lipinski definition) is 4. The summed E-state index contributed by atoms with van der Waals surface area (Å²) in [5, 5.41) is 3.56. The van der Waals surface area contributed by atoms with Gasteiger partial charge >= 0.3 is 0 Å². The van der Waals surface area contributed by atoms with Gasteiger partial charge in [0, 0.05) is 52.4 Å². The molecule has 2 saturated heterocycles. The van der Waals surface area contributed by atoms with Gasteiger partial charge in [0.15, 0.2) is 5.96 Å². The first kappa shape index (κ1) is 24.0. The van der Waals surface area contributed by atoms with Gasteiger partial charge in [-0.3, -0.25) is 9.89 Å². The summed E-state index contributed by atoms with van der Waals surface area (Å²) in [6.07, 6.45) is 3.11. The van der Waals surface area contributed by atoms with E-state index >= 15 is 0 Å². The third kappa shape index (κ3) is 5.67. The standard InChI is InChI=1S/C25H32N6O.HI/c1-26-25(30-11-10-22(18-30)29-12-14-32-15-13-29)27-16-20-6-8-21(9-7-20)17-31-19-28-23-4-2-3-5-24(23)31;/h2-9,19,22H,10-18H2,1H3,(H,26,27);1H. The minimum Gasteiger partial charge on any atom is -0.379 e. The van der Waals surface area contributed by atoms with E-state index in [1.165, 1.54) is 23.1 Å². The molecule has 0 aliphatic carbocycles. The number of ether oxygens (including phenoxy) is 1. The van der Waals surface area contributed by atoms with Crippen molar-refractivity contribution in [3.63, 3.8) is 0 Å². The van der Waals surface area contributed by atoms with Crippen LogP contribution in [-0.2, 0) is 17.8 Å². The Morgan fingerprint density at radius 1 is 1.06 bits per heavy atom. The van der Waals surface area contributed by atoms with Gasteiger partial charge < -0.3 is 19.5 Å². The van der Waals surface area contributed by atoms with Crippen molar-refractivity contribution in [1.82, 2.24) is 24.7 Å². The Balaban J connectivity index is 0.00000259. The van der Waals surface area contributed by atoms with Gasteiger partial charge in [0.2, 0.25) is 0 Å². The highest BCUT2D eigenvalue weighted by molar-refractivity contribution is 14.0. The number of benzene rings is 2. The first-order chi connectivity index (χ1) is 15.8. The third-order valence-electron chi connectivity index (χ3n) is 6.59. The average Bonchev–Trinajstić information content (AvgIpc) is 3.49. The molecule has 1 unspecified atom stereocenters. The van der Waals surface area contributed by atoms with Crippen LogP contribution in [0.5, 0.6) is 0 Å². The zero-order valence-electron chi connectivity index (χ0n) is 19.2. The molecule has 1 aromatic heterocycles.